The van der Waals surface area contributed by atoms with E-state index in [1.54, 1.807) is 48.5 Å². The maximum atomic E-state index is 13.0. The minimum absolute atomic E-state index is 0.186. The van der Waals surface area contributed by atoms with Crippen LogP contribution in [0.15, 0.2) is 59.0 Å². The molecule has 5 nitrogen and oxygen atoms in total. The molecule has 1 amide bonds. The molecule has 1 heterocycles. The number of rotatable bonds is 4. The summed E-state index contributed by atoms with van der Waals surface area (Å²) in [5, 5.41) is 2.80. The van der Waals surface area contributed by atoms with Gasteiger partial charge in [0.05, 0.1) is 0 Å². The number of amides is 1. The van der Waals surface area contributed by atoms with Gasteiger partial charge >= 0.3 is 0 Å². The second-order valence-corrected chi connectivity index (χ2v) is 9.46. The van der Waals surface area contributed by atoms with Gasteiger partial charge in [0.15, 0.2) is 17.3 Å². The normalized spacial score (nSPS) is 12.4. The fourth-order valence-corrected chi connectivity index (χ4v) is 4.98. The van der Waals surface area contributed by atoms with Crippen molar-refractivity contribution in [2.45, 2.75) is 41.0 Å². The van der Waals surface area contributed by atoms with Crippen LogP contribution in [0, 0.1) is 34.6 Å². The first-order valence-corrected chi connectivity index (χ1v) is 12.0. The SMILES string of the molecule is Cc1c(C)c(C)c(Cc2ccc(C(=O)Nc3ccc4c(c3)C(=O)c3ccccc3C4=O)o2)c(C)c1C. The Morgan fingerprint density at radius 1 is 0.694 bits per heavy atom. The van der Waals surface area contributed by atoms with Gasteiger partial charge in [-0.3, -0.25) is 14.4 Å². The number of benzene rings is 3. The molecule has 180 valence electrons. The monoisotopic (exact) mass is 477 g/mol. The van der Waals surface area contributed by atoms with Gasteiger partial charge in [-0.25, -0.2) is 0 Å². The van der Waals surface area contributed by atoms with E-state index in [9.17, 15) is 14.4 Å². The third-order valence-corrected chi connectivity index (χ3v) is 7.57. The van der Waals surface area contributed by atoms with Gasteiger partial charge in [-0.05, 0) is 98.3 Å². The van der Waals surface area contributed by atoms with Crippen molar-refractivity contribution in [1.29, 1.82) is 0 Å². The third kappa shape index (κ3) is 3.77. The highest BCUT2D eigenvalue weighted by Gasteiger charge is 2.29. The van der Waals surface area contributed by atoms with Gasteiger partial charge in [0.2, 0.25) is 0 Å². The van der Waals surface area contributed by atoms with Gasteiger partial charge in [0, 0.05) is 34.4 Å². The standard InChI is InChI=1S/C31H27NO4/c1-16-17(2)19(4)26(20(5)18(16)3)15-22-11-13-28(36-22)31(35)32-21-10-12-25-27(14-21)30(34)24-9-7-6-8-23(24)29(25)33/h6-14H,15H2,1-5H3,(H,32,35). The average molecular weight is 478 g/mol. The number of anilines is 1. The molecule has 0 saturated heterocycles. The van der Waals surface area contributed by atoms with Crippen LogP contribution in [0.2, 0.25) is 0 Å². The number of fused-ring (bicyclic) bond motifs is 2. The number of ketones is 2. The molecule has 0 spiro atoms. The molecule has 0 saturated carbocycles. The lowest BCUT2D eigenvalue weighted by Crippen LogP contribution is -2.21. The molecular weight excluding hydrogens is 450 g/mol. The van der Waals surface area contributed by atoms with Crippen LogP contribution >= 0.6 is 0 Å². The molecule has 0 atom stereocenters. The molecular formula is C31H27NO4. The predicted octanol–water partition coefficient (Wildman–Crippen LogP) is 6.44. The lowest BCUT2D eigenvalue weighted by atomic mass is 9.84. The summed E-state index contributed by atoms with van der Waals surface area (Å²) in [7, 11) is 0. The first kappa shape index (κ1) is 23.5. The molecule has 1 aromatic heterocycles. The fourth-order valence-electron chi connectivity index (χ4n) is 4.98. The Morgan fingerprint density at radius 2 is 1.25 bits per heavy atom. The van der Waals surface area contributed by atoms with Crippen LogP contribution in [0.4, 0.5) is 5.69 Å². The van der Waals surface area contributed by atoms with Gasteiger partial charge in [0.1, 0.15) is 5.76 Å². The zero-order valence-corrected chi connectivity index (χ0v) is 21.0. The first-order chi connectivity index (χ1) is 17.2. The quantitative estimate of drug-likeness (QED) is 0.323. The second-order valence-electron chi connectivity index (χ2n) is 9.46. The number of furan rings is 1. The Labute approximate surface area is 210 Å². The Morgan fingerprint density at radius 3 is 1.89 bits per heavy atom. The first-order valence-electron chi connectivity index (χ1n) is 12.0. The van der Waals surface area contributed by atoms with E-state index in [0.29, 0.717) is 34.6 Å². The highest BCUT2D eigenvalue weighted by molar-refractivity contribution is 6.28. The molecule has 36 heavy (non-hydrogen) atoms. The molecule has 0 unspecified atom stereocenters. The topological polar surface area (TPSA) is 76.4 Å². The Balaban J connectivity index is 1.37. The smallest absolute Gasteiger partial charge is 0.291 e. The molecule has 5 rings (SSSR count). The van der Waals surface area contributed by atoms with E-state index in [1.807, 2.05) is 6.07 Å². The molecule has 0 aliphatic heterocycles. The summed E-state index contributed by atoms with van der Waals surface area (Å²) in [6.07, 6.45) is 0.599. The zero-order valence-electron chi connectivity index (χ0n) is 21.0. The molecule has 1 aliphatic rings. The van der Waals surface area contributed by atoms with Gasteiger partial charge < -0.3 is 9.73 Å². The minimum atomic E-state index is -0.416. The number of hydrogen-bond acceptors (Lipinski definition) is 4. The minimum Gasteiger partial charge on any atom is -0.456 e. The van der Waals surface area contributed by atoms with Crippen LogP contribution in [0.25, 0.3) is 0 Å². The van der Waals surface area contributed by atoms with Gasteiger partial charge in [0.25, 0.3) is 5.91 Å². The van der Waals surface area contributed by atoms with Crippen molar-refractivity contribution < 1.29 is 18.8 Å². The lowest BCUT2D eigenvalue weighted by Gasteiger charge is -2.18. The Hall–Kier alpha value is -4.25. The van der Waals surface area contributed by atoms with Crippen LogP contribution < -0.4 is 5.32 Å². The van der Waals surface area contributed by atoms with Crippen LogP contribution in [0.1, 0.15) is 81.5 Å². The number of hydrogen-bond donors (Lipinski definition) is 1. The summed E-state index contributed by atoms with van der Waals surface area (Å²) in [6.45, 7) is 10.7. The molecule has 0 radical (unpaired) electrons. The summed E-state index contributed by atoms with van der Waals surface area (Å²) >= 11 is 0. The second kappa shape index (κ2) is 8.76. The molecule has 0 fully saturated rings. The van der Waals surface area contributed by atoms with E-state index < -0.39 is 5.91 Å². The number of carbonyl (C=O) groups excluding carboxylic acids is 3. The molecule has 1 N–H and O–H groups in total. The van der Waals surface area contributed by atoms with Crippen molar-refractivity contribution in [3.05, 3.63) is 122 Å². The molecule has 5 heteroatoms. The van der Waals surface area contributed by atoms with Crippen molar-refractivity contribution in [3.8, 4) is 0 Å². The zero-order chi connectivity index (χ0) is 25.7. The van der Waals surface area contributed by atoms with E-state index in [4.69, 9.17) is 4.42 Å². The molecule has 3 aromatic carbocycles. The fraction of sp³-hybridized carbons (Fsp3) is 0.194. The highest BCUT2D eigenvalue weighted by Crippen LogP contribution is 2.30. The largest absolute Gasteiger partial charge is 0.456 e. The van der Waals surface area contributed by atoms with Crippen molar-refractivity contribution in [2.75, 3.05) is 5.32 Å². The summed E-state index contributed by atoms with van der Waals surface area (Å²) in [6, 6.07) is 15.0. The van der Waals surface area contributed by atoms with Crippen LogP contribution in [0.5, 0.6) is 0 Å². The van der Waals surface area contributed by atoms with Crippen molar-refractivity contribution in [2.24, 2.45) is 0 Å². The summed E-state index contributed by atoms with van der Waals surface area (Å²) in [5.74, 6) is 0.0518. The summed E-state index contributed by atoms with van der Waals surface area (Å²) in [5.41, 5.74) is 9.40. The van der Waals surface area contributed by atoms with Crippen molar-refractivity contribution in [1.82, 2.24) is 0 Å². The predicted molar refractivity (Wildman–Crippen MR) is 139 cm³/mol. The average Bonchev–Trinajstić information content (AvgIpc) is 3.36. The van der Waals surface area contributed by atoms with E-state index >= 15 is 0 Å². The van der Waals surface area contributed by atoms with Gasteiger partial charge in [-0.2, -0.15) is 0 Å². The number of carbonyl (C=O) groups is 3. The van der Waals surface area contributed by atoms with E-state index in [-0.39, 0.29) is 22.9 Å². The Kier molecular flexibility index (Phi) is 5.71. The highest BCUT2D eigenvalue weighted by atomic mass is 16.3. The van der Waals surface area contributed by atoms with Crippen LogP contribution in [0.3, 0.4) is 0 Å². The Bertz CT molecular complexity index is 1560. The summed E-state index contributed by atoms with van der Waals surface area (Å²) < 4.78 is 5.91. The summed E-state index contributed by atoms with van der Waals surface area (Å²) in [4.78, 5) is 38.7. The number of nitrogens with one attached hydrogen (secondary N) is 1. The van der Waals surface area contributed by atoms with E-state index in [0.717, 1.165) is 0 Å². The third-order valence-electron chi connectivity index (χ3n) is 7.57. The van der Waals surface area contributed by atoms with Crippen molar-refractivity contribution >= 4 is 23.2 Å². The maximum Gasteiger partial charge on any atom is 0.291 e. The van der Waals surface area contributed by atoms with Gasteiger partial charge in [-0.1, -0.05) is 24.3 Å². The van der Waals surface area contributed by atoms with Crippen molar-refractivity contribution in [3.63, 3.8) is 0 Å². The van der Waals surface area contributed by atoms with E-state index in [2.05, 4.69) is 39.9 Å². The van der Waals surface area contributed by atoms with Gasteiger partial charge in [-0.15, -0.1) is 0 Å². The molecule has 0 bridgehead atoms. The maximum absolute atomic E-state index is 13.0. The van der Waals surface area contributed by atoms with Crippen LogP contribution in [-0.2, 0) is 6.42 Å². The lowest BCUT2D eigenvalue weighted by molar-refractivity contribution is 0.0979. The van der Waals surface area contributed by atoms with E-state index in [1.165, 1.54) is 33.4 Å². The molecule has 4 aromatic rings. The van der Waals surface area contributed by atoms with Crippen LogP contribution in [-0.4, -0.2) is 17.5 Å². The molecule has 1 aliphatic carbocycles.